The first-order valence-electron chi connectivity index (χ1n) is 5.40. The van der Waals surface area contributed by atoms with Crippen LogP contribution in [0.5, 0.6) is 0 Å². The molecule has 0 radical (unpaired) electrons. The summed E-state index contributed by atoms with van der Waals surface area (Å²) >= 11 is 0. The van der Waals surface area contributed by atoms with E-state index in [4.69, 9.17) is 4.98 Å². The summed E-state index contributed by atoms with van der Waals surface area (Å²) < 4.78 is 0.639. The van der Waals surface area contributed by atoms with Crippen molar-refractivity contribution in [3.8, 4) is 0 Å². The van der Waals surface area contributed by atoms with E-state index in [0.29, 0.717) is 4.58 Å². The van der Waals surface area contributed by atoms with E-state index in [9.17, 15) is 0 Å². The van der Waals surface area contributed by atoms with E-state index in [0.717, 1.165) is 5.69 Å². The maximum absolute atomic E-state index is 4.75. The van der Waals surface area contributed by atoms with E-state index in [1.165, 1.54) is 5.69 Å². The summed E-state index contributed by atoms with van der Waals surface area (Å²) in [5.41, 5.74) is 2.43. The van der Waals surface area contributed by atoms with Gasteiger partial charge in [-0.3, -0.25) is 4.98 Å². The first-order valence-corrected chi connectivity index (χ1v) is 11.2. The van der Waals surface area contributed by atoms with Gasteiger partial charge in [-0.25, -0.2) is 20.1 Å². The second-order valence-corrected chi connectivity index (χ2v) is 14.9. The Kier molecular flexibility index (Phi) is 4.01. The van der Waals surface area contributed by atoms with Crippen molar-refractivity contribution in [1.82, 2.24) is 4.98 Å². The van der Waals surface area contributed by atoms with Crippen molar-refractivity contribution in [2.45, 2.75) is 11.5 Å². The molecule has 0 spiro atoms. The molecule has 0 N–H and O–H groups in total. The standard InChI is InChI=1S/C13H25NS2/c1-11-9-8-10-12(14-11)13(15(2,3)4)16(5,6)7/h8-10,13H,1-7H3. The van der Waals surface area contributed by atoms with Crippen LogP contribution in [0.15, 0.2) is 18.2 Å². The smallest absolute Gasteiger partial charge is 0.0607 e. The third-order valence-corrected chi connectivity index (χ3v) is 8.95. The molecule has 1 heterocycles. The molecule has 1 rings (SSSR count). The van der Waals surface area contributed by atoms with E-state index >= 15 is 0 Å². The average molecular weight is 259 g/mol. The number of aromatic nitrogens is 1. The highest BCUT2D eigenvalue weighted by Crippen LogP contribution is 2.68. The van der Waals surface area contributed by atoms with Crippen LogP contribution in [0.4, 0.5) is 0 Å². The lowest BCUT2D eigenvalue weighted by Crippen LogP contribution is -2.15. The molecule has 0 aliphatic rings. The highest BCUT2D eigenvalue weighted by Gasteiger charge is 2.31. The SMILES string of the molecule is Cc1cccc(C(S(C)(C)C)S(C)(C)C)n1. The van der Waals surface area contributed by atoms with Crippen molar-refractivity contribution in [3.63, 3.8) is 0 Å². The summed E-state index contributed by atoms with van der Waals surface area (Å²) in [4.78, 5) is 4.75. The Morgan fingerprint density at radius 2 is 1.44 bits per heavy atom. The lowest BCUT2D eigenvalue weighted by molar-refractivity contribution is 1.09. The van der Waals surface area contributed by atoms with Crippen LogP contribution in [0.3, 0.4) is 0 Å². The molecule has 0 bridgehead atoms. The van der Waals surface area contributed by atoms with Gasteiger partial charge in [0.2, 0.25) is 0 Å². The van der Waals surface area contributed by atoms with Gasteiger partial charge in [0, 0.05) is 5.69 Å². The molecule has 0 saturated carbocycles. The zero-order valence-electron chi connectivity index (χ0n) is 11.6. The normalized spacial score (nSPS) is 15.2. The topological polar surface area (TPSA) is 12.9 Å². The van der Waals surface area contributed by atoms with Gasteiger partial charge in [0.25, 0.3) is 0 Å². The van der Waals surface area contributed by atoms with Crippen molar-refractivity contribution >= 4 is 20.1 Å². The van der Waals surface area contributed by atoms with Gasteiger partial charge in [0.15, 0.2) is 0 Å². The van der Waals surface area contributed by atoms with Crippen molar-refractivity contribution in [1.29, 1.82) is 0 Å². The summed E-state index contributed by atoms with van der Waals surface area (Å²) in [6, 6.07) is 6.42. The van der Waals surface area contributed by atoms with Crippen LogP contribution in [0.1, 0.15) is 16.0 Å². The Morgan fingerprint density at radius 3 is 1.81 bits per heavy atom. The molecule has 0 unspecified atom stereocenters. The van der Waals surface area contributed by atoms with Gasteiger partial charge in [-0.15, -0.1) is 0 Å². The number of pyridine rings is 1. The maximum Gasteiger partial charge on any atom is 0.0607 e. The van der Waals surface area contributed by atoms with Crippen LogP contribution in [0.25, 0.3) is 0 Å². The van der Waals surface area contributed by atoms with Crippen molar-refractivity contribution < 1.29 is 0 Å². The van der Waals surface area contributed by atoms with Gasteiger partial charge in [-0.2, -0.15) is 0 Å². The first kappa shape index (κ1) is 13.9. The van der Waals surface area contributed by atoms with Crippen LogP contribution in [-0.2, 0) is 0 Å². The predicted octanol–water partition coefficient (Wildman–Crippen LogP) is 3.78. The molecule has 0 aliphatic carbocycles. The number of aryl methyl sites for hydroxylation is 1. The average Bonchev–Trinajstić information content (AvgIpc) is 1.97. The minimum atomic E-state index is -0.618. The largest absolute Gasteiger partial charge is 0.256 e. The van der Waals surface area contributed by atoms with Crippen LogP contribution < -0.4 is 0 Å². The molecule has 0 amide bonds. The van der Waals surface area contributed by atoms with Gasteiger partial charge in [-0.1, -0.05) is 6.07 Å². The quantitative estimate of drug-likeness (QED) is 0.805. The minimum absolute atomic E-state index is 0.618. The highest BCUT2D eigenvalue weighted by atomic mass is 32.3. The van der Waals surface area contributed by atoms with E-state index in [1.54, 1.807) is 0 Å². The molecule has 1 nitrogen and oxygen atoms in total. The Labute approximate surface area is 104 Å². The zero-order chi connectivity index (χ0) is 12.6. The Balaban J connectivity index is 3.23. The summed E-state index contributed by atoms with van der Waals surface area (Å²) in [5.74, 6) is 0. The summed E-state index contributed by atoms with van der Waals surface area (Å²) in [6.07, 6.45) is 14.4. The van der Waals surface area contributed by atoms with Crippen LogP contribution in [0.2, 0.25) is 0 Å². The number of rotatable bonds is 3. The van der Waals surface area contributed by atoms with Crippen molar-refractivity contribution in [2.75, 3.05) is 37.5 Å². The van der Waals surface area contributed by atoms with Gasteiger partial charge in [-0.05, 0) is 56.6 Å². The Bertz CT molecular complexity index is 347. The lowest BCUT2D eigenvalue weighted by Gasteiger charge is -2.47. The molecule has 0 saturated heterocycles. The van der Waals surface area contributed by atoms with E-state index < -0.39 is 20.1 Å². The number of hydrogen-bond donors (Lipinski definition) is 0. The molecule has 1 aromatic rings. The van der Waals surface area contributed by atoms with Crippen LogP contribution in [0, 0.1) is 6.92 Å². The molecular formula is C13H25NS2. The predicted molar refractivity (Wildman–Crippen MR) is 82.4 cm³/mol. The lowest BCUT2D eigenvalue weighted by atomic mass is 10.3. The maximum atomic E-state index is 4.75. The highest BCUT2D eigenvalue weighted by molar-refractivity contribution is 8.47. The second kappa shape index (κ2) is 4.61. The fraction of sp³-hybridized carbons (Fsp3) is 0.615. The van der Waals surface area contributed by atoms with Crippen molar-refractivity contribution in [2.24, 2.45) is 0 Å². The molecule has 3 heteroatoms. The van der Waals surface area contributed by atoms with Crippen molar-refractivity contribution in [3.05, 3.63) is 29.6 Å². The molecule has 0 atom stereocenters. The number of hydrogen-bond acceptors (Lipinski definition) is 1. The first-order chi connectivity index (χ1) is 7.12. The van der Waals surface area contributed by atoms with Crippen LogP contribution in [-0.4, -0.2) is 42.5 Å². The molecule has 94 valence electrons. The summed E-state index contributed by atoms with van der Waals surface area (Å²) in [6.45, 7) is 2.08. The molecule has 0 aliphatic heterocycles. The fourth-order valence-electron chi connectivity index (χ4n) is 2.29. The Morgan fingerprint density at radius 1 is 0.938 bits per heavy atom. The van der Waals surface area contributed by atoms with Gasteiger partial charge in [0.1, 0.15) is 0 Å². The van der Waals surface area contributed by atoms with Gasteiger partial charge < -0.3 is 0 Å². The molecule has 16 heavy (non-hydrogen) atoms. The third-order valence-electron chi connectivity index (χ3n) is 2.44. The minimum Gasteiger partial charge on any atom is -0.256 e. The molecule has 0 aromatic carbocycles. The van der Waals surface area contributed by atoms with Gasteiger partial charge in [0.05, 0.1) is 10.3 Å². The third kappa shape index (κ3) is 3.42. The monoisotopic (exact) mass is 259 g/mol. The second-order valence-electron chi connectivity index (χ2n) is 5.90. The summed E-state index contributed by atoms with van der Waals surface area (Å²) in [7, 11) is -1.24. The zero-order valence-corrected chi connectivity index (χ0v) is 13.2. The molecule has 0 fully saturated rings. The molecule has 1 aromatic heterocycles. The fourth-order valence-corrected chi connectivity index (χ4v) is 10.9. The van der Waals surface area contributed by atoms with Crippen LogP contribution >= 0.6 is 20.1 Å². The van der Waals surface area contributed by atoms with Gasteiger partial charge >= 0.3 is 0 Å². The summed E-state index contributed by atoms with van der Waals surface area (Å²) in [5, 5.41) is 0. The number of nitrogens with zero attached hydrogens (tertiary/aromatic N) is 1. The van der Waals surface area contributed by atoms with E-state index in [-0.39, 0.29) is 0 Å². The Hall–Kier alpha value is -0.150. The molecular weight excluding hydrogens is 234 g/mol. The van der Waals surface area contributed by atoms with E-state index in [2.05, 4.69) is 62.7 Å². The van der Waals surface area contributed by atoms with E-state index in [1.807, 2.05) is 0 Å².